The molecule has 166 valence electrons. The van der Waals surface area contributed by atoms with Gasteiger partial charge in [-0.15, -0.1) is 0 Å². The molecule has 5 nitrogen and oxygen atoms in total. The van der Waals surface area contributed by atoms with Crippen LogP contribution in [-0.2, 0) is 13.2 Å². The van der Waals surface area contributed by atoms with Crippen LogP contribution in [0.15, 0.2) is 91.1 Å². The minimum Gasteiger partial charge on any atom is -0.489 e. The van der Waals surface area contributed by atoms with Crippen molar-refractivity contribution >= 4 is 11.7 Å². The van der Waals surface area contributed by atoms with Gasteiger partial charge in [-0.25, -0.2) is 9.37 Å². The second-order valence-electron chi connectivity index (χ2n) is 7.53. The van der Waals surface area contributed by atoms with Gasteiger partial charge in [-0.3, -0.25) is 4.79 Å². The highest BCUT2D eigenvalue weighted by Crippen LogP contribution is 2.27. The number of hydrogen-bond donors (Lipinski definition) is 1. The third kappa shape index (κ3) is 6.17. The summed E-state index contributed by atoms with van der Waals surface area (Å²) in [4.78, 5) is 17.3. The summed E-state index contributed by atoms with van der Waals surface area (Å²) in [5.74, 6) is 0.623. The van der Waals surface area contributed by atoms with Gasteiger partial charge in [-0.2, -0.15) is 0 Å². The van der Waals surface area contributed by atoms with Crippen LogP contribution in [0.2, 0.25) is 0 Å². The Morgan fingerprint density at radius 3 is 2.42 bits per heavy atom. The summed E-state index contributed by atoms with van der Waals surface area (Å²) in [7, 11) is 0. The molecule has 0 aliphatic rings. The standard InChI is InChI=1S/C27H23FN2O3/c1-19-10-13-26(29-16-19)30-27(31)24-15-23(32-18-21-8-5-9-22(28)14-21)11-12-25(24)33-17-20-6-3-2-4-7-20/h2-16H,17-18H2,1H3,(H,29,30,31). The quantitative estimate of drug-likeness (QED) is 0.367. The average Bonchev–Trinajstić information content (AvgIpc) is 2.84. The van der Waals surface area contributed by atoms with E-state index in [1.165, 1.54) is 12.1 Å². The third-order valence-corrected chi connectivity index (χ3v) is 4.88. The number of amides is 1. The predicted molar refractivity (Wildman–Crippen MR) is 125 cm³/mol. The summed E-state index contributed by atoms with van der Waals surface area (Å²) in [5.41, 5.74) is 2.97. The lowest BCUT2D eigenvalue weighted by Gasteiger charge is -2.14. The van der Waals surface area contributed by atoms with Crippen LogP contribution in [0, 0.1) is 12.7 Å². The normalized spacial score (nSPS) is 10.5. The van der Waals surface area contributed by atoms with Crippen LogP contribution in [-0.4, -0.2) is 10.9 Å². The Labute approximate surface area is 191 Å². The Morgan fingerprint density at radius 2 is 1.67 bits per heavy atom. The fourth-order valence-corrected chi connectivity index (χ4v) is 3.16. The summed E-state index contributed by atoms with van der Waals surface area (Å²) in [5, 5.41) is 2.80. The number of benzene rings is 3. The molecular formula is C27H23FN2O3. The van der Waals surface area contributed by atoms with Crippen LogP contribution in [0.3, 0.4) is 0 Å². The molecule has 0 aliphatic heterocycles. The maximum absolute atomic E-state index is 13.4. The van der Waals surface area contributed by atoms with Gasteiger partial charge in [0.05, 0.1) is 5.56 Å². The molecule has 33 heavy (non-hydrogen) atoms. The fourth-order valence-electron chi connectivity index (χ4n) is 3.16. The van der Waals surface area contributed by atoms with Crippen LogP contribution >= 0.6 is 0 Å². The Hall–Kier alpha value is -4.19. The number of carbonyl (C=O) groups is 1. The van der Waals surface area contributed by atoms with Crippen molar-refractivity contribution in [2.75, 3.05) is 5.32 Å². The second-order valence-corrected chi connectivity index (χ2v) is 7.53. The van der Waals surface area contributed by atoms with E-state index in [2.05, 4.69) is 10.3 Å². The molecule has 1 heterocycles. The van der Waals surface area contributed by atoms with Gasteiger partial charge in [-0.05, 0) is 60.0 Å². The number of halogens is 1. The minimum absolute atomic E-state index is 0.169. The van der Waals surface area contributed by atoms with Gasteiger partial charge in [-0.1, -0.05) is 48.5 Å². The second kappa shape index (κ2) is 10.4. The van der Waals surface area contributed by atoms with E-state index in [1.807, 2.05) is 43.3 Å². The summed E-state index contributed by atoms with van der Waals surface area (Å²) < 4.78 is 25.2. The van der Waals surface area contributed by atoms with Crippen LogP contribution in [0.5, 0.6) is 11.5 Å². The SMILES string of the molecule is Cc1ccc(NC(=O)c2cc(OCc3cccc(F)c3)ccc2OCc2ccccc2)nc1. The first kappa shape index (κ1) is 22.0. The molecule has 0 atom stereocenters. The maximum Gasteiger partial charge on any atom is 0.260 e. The average molecular weight is 442 g/mol. The van der Waals surface area contributed by atoms with E-state index >= 15 is 0 Å². The zero-order valence-electron chi connectivity index (χ0n) is 18.1. The number of nitrogens with zero attached hydrogens (tertiary/aromatic N) is 1. The third-order valence-electron chi connectivity index (χ3n) is 4.88. The van der Waals surface area contributed by atoms with E-state index in [0.29, 0.717) is 35.1 Å². The first-order chi connectivity index (χ1) is 16.1. The molecule has 6 heteroatoms. The van der Waals surface area contributed by atoms with Crippen molar-refractivity contribution in [2.24, 2.45) is 0 Å². The monoisotopic (exact) mass is 442 g/mol. The number of rotatable bonds is 8. The van der Waals surface area contributed by atoms with Gasteiger partial charge >= 0.3 is 0 Å². The summed E-state index contributed by atoms with van der Waals surface area (Å²) in [6.45, 7) is 2.41. The Kier molecular flexibility index (Phi) is 6.95. The van der Waals surface area contributed by atoms with Gasteiger partial charge in [0, 0.05) is 6.20 Å². The molecule has 0 bridgehead atoms. The summed E-state index contributed by atoms with van der Waals surface area (Å²) in [6.07, 6.45) is 1.68. The Balaban J connectivity index is 1.55. The van der Waals surface area contributed by atoms with Crippen LogP contribution in [0.25, 0.3) is 0 Å². The highest BCUT2D eigenvalue weighted by Gasteiger charge is 2.16. The molecule has 0 saturated carbocycles. The smallest absolute Gasteiger partial charge is 0.260 e. The minimum atomic E-state index is -0.370. The van der Waals surface area contributed by atoms with Crippen molar-refractivity contribution < 1.29 is 18.7 Å². The molecule has 0 aliphatic carbocycles. The van der Waals surface area contributed by atoms with E-state index < -0.39 is 0 Å². The molecule has 1 amide bonds. The number of carbonyl (C=O) groups excluding carboxylic acids is 1. The molecule has 0 unspecified atom stereocenters. The van der Waals surface area contributed by atoms with Crippen LogP contribution in [0.4, 0.5) is 10.2 Å². The van der Waals surface area contributed by atoms with Crippen molar-refractivity contribution in [2.45, 2.75) is 20.1 Å². The van der Waals surface area contributed by atoms with Crippen molar-refractivity contribution in [1.29, 1.82) is 0 Å². The molecule has 0 spiro atoms. The highest BCUT2D eigenvalue weighted by molar-refractivity contribution is 6.06. The number of aryl methyl sites for hydroxylation is 1. The molecule has 4 rings (SSSR count). The van der Waals surface area contributed by atoms with E-state index in [4.69, 9.17) is 9.47 Å². The number of pyridine rings is 1. The lowest BCUT2D eigenvalue weighted by atomic mass is 10.1. The predicted octanol–water partition coefficient (Wildman–Crippen LogP) is 5.94. The van der Waals surface area contributed by atoms with Gasteiger partial charge in [0.25, 0.3) is 5.91 Å². The van der Waals surface area contributed by atoms with Crippen molar-refractivity contribution in [3.8, 4) is 11.5 Å². The van der Waals surface area contributed by atoms with Gasteiger partial charge in [0.2, 0.25) is 0 Å². The molecule has 0 radical (unpaired) electrons. The Morgan fingerprint density at radius 1 is 0.879 bits per heavy atom. The van der Waals surface area contributed by atoms with E-state index in [-0.39, 0.29) is 18.3 Å². The van der Waals surface area contributed by atoms with E-state index in [0.717, 1.165) is 11.1 Å². The highest BCUT2D eigenvalue weighted by atomic mass is 19.1. The topological polar surface area (TPSA) is 60.5 Å². The zero-order valence-corrected chi connectivity index (χ0v) is 18.1. The molecule has 0 saturated heterocycles. The van der Waals surface area contributed by atoms with Crippen LogP contribution < -0.4 is 14.8 Å². The van der Waals surface area contributed by atoms with Crippen LogP contribution in [0.1, 0.15) is 27.0 Å². The molecule has 0 fully saturated rings. The van der Waals surface area contributed by atoms with E-state index in [1.54, 1.807) is 42.6 Å². The number of nitrogens with one attached hydrogen (secondary N) is 1. The van der Waals surface area contributed by atoms with Gasteiger partial charge < -0.3 is 14.8 Å². The fraction of sp³-hybridized carbons (Fsp3) is 0.111. The largest absolute Gasteiger partial charge is 0.489 e. The molecule has 4 aromatic rings. The molecular weight excluding hydrogens is 419 g/mol. The number of ether oxygens (including phenoxy) is 2. The first-order valence-corrected chi connectivity index (χ1v) is 10.5. The number of anilines is 1. The van der Waals surface area contributed by atoms with Crippen molar-refractivity contribution in [3.05, 3.63) is 119 Å². The number of hydrogen-bond acceptors (Lipinski definition) is 4. The van der Waals surface area contributed by atoms with Gasteiger partial charge in [0.1, 0.15) is 36.3 Å². The Bertz CT molecular complexity index is 1230. The van der Waals surface area contributed by atoms with E-state index in [9.17, 15) is 9.18 Å². The van der Waals surface area contributed by atoms with Crippen molar-refractivity contribution in [3.63, 3.8) is 0 Å². The maximum atomic E-state index is 13.4. The van der Waals surface area contributed by atoms with Crippen molar-refractivity contribution in [1.82, 2.24) is 4.98 Å². The lowest BCUT2D eigenvalue weighted by Crippen LogP contribution is -2.15. The summed E-state index contributed by atoms with van der Waals surface area (Å²) in [6, 6.07) is 24.5. The molecule has 1 N–H and O–H groups in total. The molecule has 3 aromatic carbocycles. The molecule has 1 aromatic heterocycles. The van der Waals surface area contributed by atoms with Gasteiger partial charge in [0.15, 0.2) is 0 Å². The zero-order chi connectivity index (χ0) is 23.0. The lowest BCUT2D eigenvalue weighted by molar-refractivity contribution is 0.102. The first-order valence-electron chi connectivity index (χ1n) is 10.5. The summed E-state index contributed by atoms with van der Waals surface area (Å²) >= 11 is 0. The number of aromatic nitrogens is 1.